The number of aromatic hydroxyl groups is 1. The molecule has 1 N–H and O–H groups in total. The molecule has 2 aliphatic heterocycles. The van der Waals surface area contributed by atoms with Crippen LogP contribution in [0.1, 0.15) is 12.5 Å². The Hall–Kier alpha value is -4.54. The molecule has 1 unspecified atom stereocenters. The molecule has 3 heterocycles. The fraction of sp³-hybridized carbons (Fsp3) is 0.250. The molecule has 11 heteroatoms. The molecule has 1 fully saturated rings. The van der Waals surface area contributed by atoms with E-state index in [0.29, 0.717) is 22.8 Å². The number of ether oxygens (including phenoxy) is 5. The molecule has 0 spiro atoms. The number of nitrogens with zero attached hydrogens (tertiary/aromatic N) is 2. The van der Waals surface area contributed by atoms with Gasteiger partial charge in [-0.25, -0.2) is 9.59 Å². The van der Waals surface area contributed by atoms with Crippen LogP contribution in [0.4, 0.5) is 16.2 Å². The largest absolute Gasteiger partial charge is 0.509 e. The lowest BCUT2D eigenvalue weighted by molar-refractivity contribution is -0.140. The van der Waals surface area contributed by atoms with Crippen LogP contribution < -0.4 is 10.4 Å². The maximum absolute atomic E-state index is 12.6. The minimum Gasteiger partial charge on any atom is -0.505 e. The van der Waals surface area contributed by atoms with Crippen LogP contribution in [0.25, 0.3) is 11.0 Å². The van der Waals surface area contributed by atoms with Crippen molar-refractivity contribution < 1.29 is 38.0 Å². The molecule has 11 nitrogen and oxygen atoms in total. The van der Waals surface area contributed by atoms with E-state index in [1.807, 2.05) is 6.07 Å². The number of allylic oxidation sites excluding steroid dienone is 1. The SMILES string of the molecule is COC1=C(C)OC(Oc2ccc3c(O)c(/N=N/c4ccccc4)c(=O)oc3c2C)[C@H]2OC(=O)O[C@@H]12. The highest BCUT2D eigenvalue weighted by atomic mass is 16.8. The van der Waals surface area contributed by atoms with Crippen LogP contribution >= 0.6 is 0 Å². The van der Waals surface area contributed by atoms with Crippen molar-refractivity contribution >= 4 is 28.5 Å². The summed E-state index contributed by atoms with van der Waals surface area (Å²) in [6, 6.07) is 11.8. The first kappa shape index (κ1) is 22.3. The Balaban J connectivity index is 1.48. The summed E-state index contributed by atoms with van der Waals surface area (Å²) < 4.78 is 32.9. The Morgan fingerprint density at radius 2 is 1.74 bits per heavy atom. The van der Waals surface area contributed by atoms with Gasteiger partial charge in [0, 0.05) is 5.56 Å². The van der Waals surface area contributed by atoms with Crippen LogP contribution in [0, 0.1) is 6.92 Å². The second-order valence-corrected chi connectivity index (χ2v) is 7.79. The summed E-state index contributed by atoms with van der Waals surface area (Å²) in [5.74, 6) is 0.595. The molecule has 180 valence electrons. The van der Waals surface area contributed by atoms with Crippen LogP contribution in [0.5, 0.6) is 11.5 Å². The normalized spacial score (nSPS) is 21.5. The lowest BCUT2D eigenvalue weighted by atomic mass is 10.1. The number of hydrogen-bond acceptors (Lipinski definition) is 11. The molecule has 3 aromatic rings. The molecule has 2 aliphatic rings. The van der Waals surface area contributed by atoms with Crippen LogP contribution in [0.3, 0.4) is 0 Å². The molecule has 3 atom stereocenters. The second-order valence-electron chi connectivity index (χ2n) is 7.79. The summed E-state index contributed by atoms with van der Waals surface area (Å²) in [7, 11) is 1.43. The summed E-state index contributed by atoms with van der Waals surface area (Å²) in [6.45, 7) is 3.29. The highest BCUT2D eigenvalue weighted by Gasteiger charge is 2.51. The molecule has 0 amide bonds. The maximum Gasteiger partial charge on any atom is 0.509 e. The van der Waals surface area contributed by atoms with E-state index in [2.05, 4.69) is 10.2 Å². The maximum atomic E-state index is 12.6. The van der Waals surface area contributed by atoms with Crippen LogP contribution in [0.15, 0.2) is 73.4 Å². The van der Waals surface area contributed by atoms with Crippen molar-refractivity contribution in [2.75, 3.05) is 7.11 Å². The molecular weight excluding hydrogens is 460 g/mol. The number of carbonyl (C=O) groups is 1. The quantitative estimate of drug-likeness (QED) is 0.312. The van der Waals surface area contributed by atoms with Crippen LogP contribution in [-0.4, -0.2) is 36.9 Å². The lowest BCUT2D eigenvalue weighted by Gasteiger charge is -2.32. The molecule has 1 saturated heterocycles. The minimum atomic E-state index is -1.05. The average molecular weight is 480 g/mol. The molecule has 35 heavy (non-hydrogen) atoms. The highest BCUT2D eigenvalue weighted by molar-refractivity contribution is 5.90. The van der Waals surface area contributed by atoms with Gasteiger partial charge in [0.05, 0.1) is 18.2 Å². The van der Waals surface area contributed by atoms with Crippen molar-refractivity contribution in [2.24, 2.45) is 10.2 Å². The summed E-state index contributed by atoms with van der Waals surface area (Å²) in [5.41, 5.74) is -0.178. The Bertz CT molecular complexity index is 1430. The summed E-state index contributed by atoms with van der Waals surface area (Å²) in [5, 5.41) is 18.8. The van der Waals surface area contributed by atoms with E-state index >= 15 is 0 Å². The monoisotopic (exact) mass is 480 g/mol. The van der Waals surface area contributed by atoms with E-state index in [0.717, 1.165) is 0 Å². The van der Waals surface area contributed by atoms with E-state index in [1.54, 1.807) is 44.2 Å². The van der Waals surface area contributed by atoms with Gasteiger partial charge in [-0.05, 0) is 38.1 Å². The average Bonchev–Trinajstić information content (AvgIpc) is 3.23. The fourth-order valence-electron chi connectivity index (χ4n) is 3.92. The molecular formula is C24H20N2O9. The number of carbonyl (C=O) groups excluding carboxylic acids is 1. The highest BCUT2D eigenvalue weighted by Crippen LogP contribution is 2.39. The van der Waals surface area contributed by atoms with Gasteiger partial charge in [-0.3, -0.25) is 0 Å². The summed E-state index contributed by atoms with van der Waals surface area (Å²) >= 11 is 0. The number of azo groups is 1. The van der Waals surface area contributed by atoms with Gasteiger partial charge in [0.15, 0.2) is 11.5 Å². The number of benzene rings is 2. The van der Waals surface area contributed by atoms with Gasteiger partial charge in [0.1, 0.15) is 17.1 Å². The second kappa shape index (κ2) is 8.67. The zero-order chi connectivity index (χ0) is 24.7. The Labute approximate surface area is 198 Å². The Kier molecular flexibility index (Phi) is 5.51. The molecule has 0 bridgehead atoms. The number of methoxy groups -OCH3 is 1. The van der Waals surface area contributed by atoms with Crippen molar-refractivity contribution in [3.63, 3.8) is 0 Å². The standard InChI is InChI=1S/C24H20N2O9/c1-11-15(32-23-21-20(34-24(29)35-21)19(30-3)12(2)31-23)10-9-14-17(27)16(22(28)33-18(11)14)26-25-13-7-5-4-6-8-13/h4-10,20-21,23,27H,1-3H3/b26-25+/t20-,21-,23?/m0/s1. The molecule has 2 aromatic carbocycles. The van der Waals surface area contributed by atoms with Crippen molar-refractivity contribution in [2.45, 2.75) is 32.3 Å². The van der Waals surface area contributed by atoms with E-state index in [9.17, 15) is 14.7 Å². The molecule has 0 saturated carbocycles. The lowest BCUT2D eigenvalue weighted by Crippen LogP contribution is -2.45. The van der Waals surface area contributed by atoms with Gasteiger partial charge in [-0.2, -0.15) is 5.11 Å². The van der Waals surface area contributed by atoms with Gasteiger partial charge in [-0.15, -0.1) is 5.11 Å². The molecule has 0 radical (unpaired) electrons. The van der Waals surface area contributed by atoms with Crippen LogP contribution in [0.2, 0.25) is 0 Å². The fourth-order valence-corrected chi connectivity index (χ4v) is 3.92. The third-order valence-electron chi connectivity index (χ3n) is 5.63. The minimum absolute atomic E-state index is 0.0977. The predicted molar refractivity (Wildman–Crippen MR) is 120 cm³/mol. The van der Waals surface area contributed by atoms with Gasteiger partial charge in [0.25, 0.3) is 6.29 Å². The number of aryl methyl sites for hydroxylation is 1. The third kappa shape index (κ3) is 3.90. The van der Waals surface area contributed by atoms with Crippen molar-refractivity contribution in [1.82, 2.24) is 0 Å². The van der Waals surface area contributed by atoms with E-state index in [-0.39, 0.29) is 28.2 Å². The van der Waals surface area contributed by atoms with Gasteiger partial charge in [-0.1, -0.05) is 18.2 Å². The van der Waals surface area contributed by atoms with E-state index < -0.39 is 30.3 Å². The van der Waals surface area contributed by atoms with Gasteiger partial charge < -0.3 is 33.2 Å². The van der Waals surface area contributed by atoms with Crippen molar-refractivity contribution in [3.05, 3.63) is 70.0 Å². The van der Waals surface area contributed by atoms with Gasteiger partial charge in [0.2, 0.25) is 17.9 Å². The molecule has 0 aliphatic carbocycles. The molecule has 1 aromatic heterocycles. The molecule has 5 rings (SSSR count). The Morgan fingerprint density at radius 1 is 0.971 bits per heavy atom. The zero-order valence-electron chi connectivity index (χ0n) is 18.9. The first-order valence-electron chi connectivity index (χ1n) is 10.6. The predicted octanol–water partition coefficient (Wildman–Crippen LogP) is 4.74. The summed E-state index contributed by atoms with van der Waals surface area (Å²) in [6.07, 6.45) is -3.67. The number of hydrogen-bond donors (Lipinski definition) is 1. The third-order valence-corrected chi connectivity index (χ3v) is 5.63. The van der Waals surface area contributed by atoms with Crippen molar-refractivity contribution in [3.8, 4) is 11.5 Å². The first-order valence-corrected chi connectivity index (χ1v) is 10.6. The number of rotatable bonds is 5. The van der Waals surface area contributed by atoms with Crippen molar-refractivity contribution in [1.29, 1.82) is 0 Å². The zero-order valence-corrected chi connectivity index (χ0v) is 18.9. The summed E-state index contributed by atoms with van der Waals surface area (Å²) in [4.78, 5) is 24.3. The van der Waals surface area contributed by atoms with Gasteiger partial charge >= 0.3 is 11.8 Å². The Morgan fingerprint density at radius 3 is 2.49 bits per heavy atom. The van der Waals surface area contributed by atoms with Crippen LogP contribution in [-0.2, 0) is 18.9 Å². The van der Waals surface area contributed by atoms with E-state index in [1.165, 1.54) is 13.2 Å². The first-order chi connectivity index (χ1) is 16.9. The number of fused-ring (bicyclic) bond motifs is 2. The van der Waals surface area contributed by atoms with E-state index in [4.69, 9.17) is 28.1 Å². The smallest absolute Gasteiger partial charge is 0.505 e. The topological polar surface area (TPSA) is 138 Å².